The number of phenolic OH excluding ortho intramolecular Hbond substituents is 1. The second-order valence-electron chi connectivity index (χ2n) is 4.15. The lowest BCUT2D eigenvalue weighted by molar-refractivity contribution is 0.475. The average Bonchev–Trinajstić information content (AvgIpc) is 2.90. The van der Waals surface area contributed by atoms with Crippen molar-refractivity contribution in [3.8, 4) is 22.8 Å². The van der Waals surface area contributed by atoms with Crippen molar-refractivity contribution in [3.63, 3.8) is 0 Å². The van der Waals surface area contributed by atoms with Gasteiger partial charge in [-0.15, -0.1) is 5.10 Å². The van der Waals surface area contributed by atoms with E-state index in [9.17, 15) is 5.11 Å². The van der Waals surface area contributed by atoms with Crippen LogP contribution < -0.4 is 5.73 Å². The number of aromatic hydroxyl groups is 1. The highest BCUT2D eigenvalue weighted by molar-refractivity contribution is 5.58. The maximum atomic E-state index is 9.26. The van der Waals surface area contributed by atoms with Crippen LogP contribution in [0.5, 0.6) is 5.75 Å². The lowest BCUT2D eigenvalue weighted by Crippen LogP contribution is -1.94. The fourth-order valence-corrected chi connectivity index (χ4v) is 1.76. The SMILES string of the molecule is Nc1ccc(-c2ncn(-c3ccc(O)cc3)n2)cc1. The zero-order valence-electron chi connectivity index (χ0n) is 10.1. The van der Waals surface area contributed by atoms with E-state index in [2.05, 4.69) is 10.1 Å². The third-order valence-electron chi connectivity index (χ3n) is 2.77. The van der Waals surface area contributed by atoms with Crippen LogP contribution in [0.25, 0.3) is 17.1 Å². The van der Waals surface area contributed by atoms with Gasteiger partial charge in [0.05, 0.1) is 5.69 Å². The topological polar surface area (TPSA) is 77.0 Å². The molecular formula is C14H12N4O. The fraction of sp³-hybridized carbons (Fsp3) is 0. The number of hydrogen-bond acceptors (Lipinski definition) is 4. The lowest BCUT2D eigenvalue weighted by atomic mass is 10.2. The molecule has 1 heterocycles. The molecular weight excluding hydrogens is 240 g/mol. The Kier molecular flexibility index (Phi) is 2.64. The summed E-state index contributed by atoms with van der Waals surface area (Å²) in [5.41, 5.74) is 8.10. The number of hydrogen-bond donors (Lipinski definition) is 2. The molecule has 0 aliphatic heterocycles. The van der Waals surface area contributed by atoms with Crippen LogP contribution in [0.15, 0.2) is 54.9 Å². The van der Waals surface area contributed by atoms with Gasteiger partial charge in [-0.1, -0.05) is 0 Å². The first-order valence-electron chi connectivity index (χ1n) is 5.79. The Balaban J connectivity index is 1.95. The van der Waals surface area contributed by atoms with Crippen molar-refractivity contribution in [2.75, 3.05) is 5.73 Å². The van der Waals surface area contributed by atoms with Gasteiger partial charge in [-0.05, 0) is 48.5 Å². The molecule has 1 aromatic heterocycles. The number of aromatic nitrogens is 3. The summed E-state index contributed by atoms with van der Waals surface area (Å²) < 4.78 is 1.66. The maximum Gasteiger partial charge on any atom is 0.181 e. The summed E-state index contributed by atoms with van der Waals surface area (Å²) in [4.78, 5) is 4.26. The molecule has 0 bridgehead atoms. The Bertz CT molecular complexity index is 626. The summed E-state index contributed by atoms with van der Waals surface area (Å²) >= 11 is 0. The molecule has 5 heteroatoms. The van der Waals surface area contributed by atoms with Crippen molar-refractivity contribution < 1.29 is 5.11 Å². The van der Waals surface area contributed by atoms with E-state index in [0.717, 1.165) is 11.3 Å². The summed E-state index contributed by atoms with van der Waals surface area (Å²) in [6, 6.07) is 14.2. The Morgan fingerprint density at radius 3 is 2.32 bits per heavy atom. The molecule has 0 atom stereocenters. The predicted octanol–water partition coefficient (Wildman–Crippen LogP) is 2.22. The minimum atomic E-state index is 0.225. The molecule has 19 heavy (non-hydrogen) atoms. The molecule has 5 nitrogen and oxygen atoms in total. The zero-order chi connectivity index (χ0) is 13.2. The van der Waals surface area contributed by atoms with Crippen molar-refractivity contribution >= 4 is 5.69 Å². The zero-order valence-corrected chi connectivity index (χ0v) is 10.1. The van der Waals surface area contributed by atoms with Crippen LogP contribution in [0, 0.1) is 0 Å². The standard InChI is InChI=1S/C14H12N4O/c15-11-3-1-10(2-4-11)14-16-9-18(17-14)12-5-7-13(19)8-6-12/h1-9,19H,15H2. The van der Waals surface area contributed by atoms with Gasteiger partial charge >= 0.3 is 0 Å². The Hall–Kier alpha value is -2.82. The van der Waals surface area contributed by atoms with Crippen molar-refractivity contribution in [3.05, 3.63) is 54.9 Å². The number of anilines is 1. The van der Waals surface area contributed by atoms with Crippen LogP contribution in [-0.2, 0) is 0 Å². The van der Waals surface area contributed by atoms with E-state index < -0.39 is 0 Å². The molecule has 0 amide bonds. The second-order valence-corrected chi connectivity index (χ2v) is 4.15. The number of nitrogens with two attached hydrogens (primary N) is 1. The van der Waals surface area contributed by atoms with Gasteiger partial charge < -0.3 is 10.8 Å². The molecule has 0 radical (unpaired) electrons. The second kappa shape index (κ2) is 4.45. The first-order chi connectivity index (χ1) is 9.22. The number of benzene rings is 2. The van der Waals surface area contributed by atoms with Gasteiger partial charge in [0, 0.05) is 11.3 Å². The smallest absolute Gasteiger partial charge is 0.181 e. The van der Waals surface area contributed by atoms with Crippen LogP contribution in [0.2, 0.25) is 0 Å². The van der Waals surface area contributed by atoms with Gasteiger partial charge in [-0.2, -0.15) is 0 Å². The van der Waals surface area contributed by atoms with E-state index in [1.54, 1.807) is 35.3 Å². The first kappa shape index (κ1) is 11.3. The number of rotatable bonds is 2. The summed E-state index contributed by atoms with van der Waals surface area (Å²) in [5, 5.41) is 13.6. The van der Waals surface area contributed by atoms with Crippen LogP contribution in [0.4, 0.5) is 5.69 Å². The first-order valence-corrected chi connectivity index (χ1v) is 5.79. The third kappa shape index (κ3) is 2.26. The lowest BCUT2D eigenvalue weighted by Gasteiger charge is -2.00. The Morgan fingerprint density at radius 2 is 1.63 bits per heavy atom. The fourth-order valence-electron chi connectivity index (χ4n) is 1.76. The van der Waals surface area contributed by atoms with Gasteiger partial charge in [0.1, 0.15) is 12.1 Å². The van der Waals surface area contributed by atoms with Gasteiger partial charge in [-0.25, -0.2) is 9.67 Å². The quantitative estimate of drug-likeness (QED) is 0.685. The maximum absolute atomic E-state index is 9.26. The van der Waals surface area contributed by atoms with Crippen molar-refractivity contribution in [2.45, 2.75) is 0 Å². The van der Waals surface area contributed by atoms with E-state index in [1.807, 2.05) is 24.3 Å². The normalized spacial score (nSPS) is 10.5. The molecule has 0 spiro atoms. The van der Waals surface area contributed by atoms with Gasteiger partial charge in [0.15, 0.2) is 5.82 Å². The van der Waals surface area contributed by atoms with E-state index >= 15 is 0 Å². The van der Waals surface area contributed by atoms with Crippen LogP contribution in [0.3, 0.4) is 0 Å². The van der Waals surface area contributed by atoms with E-state index in [-0.39, 0.29) is 5.75 Å². The van der Waals surface area contributed by atoms with Gasteiger partial charge in [0.2, 0.25) is 0 Å². The highest BCUT2D eigenvalue weighted by Crippen LogP contribution is 2.18. The predicted molar refractivity (Wildman–Crippen MR) is 72.9 cm³/mol. The monoisotopic (exact) mass is 252 g/mol. The molecule has 0 aliphatic carbocycles. The van der Waals surface area contributed by atoms with E-state index in [0.29, 0.717) is 11.5 Å². The summed E-state index contributed by atoms with van der Waals surface area (Å²) in [5.74, 6) is 0.857. The summed E-state index contributed by atoms with van der Waals surface area (Å²) in [6.07, 6.45) is 1.64. The van der Waals surface area contributed by atoms with Crippen LogP contribution in [-0.4, -0.2) is 19.9 Å². The molecule has 0 unspecified atom stereocenters. The van der Waals surface area contributed by atoms with E-state index in [4.69, 9.17) is 5.73 Å². The molecule has 94 valence electrons. The van der Waals surface area contributed by atoms with Gasteiger partial charge in [-0.3, -0.25) is 0 Å². The van der Waals surface area contributed by atoms with Crippen molar-refractivity contribution in [2.24, 2.45) is 0 Å². The number of phenols is 1. The van der Waals surface area contributed by atoms with Crippen LogP contribution in [0.1, 0.15) is 0 Å². The largest absolute Gasteiger partial charge is 0.508 e. The Morgan fingerprint density at radius 1 is 0.947 bits per heavy atom. The molecule has 3 aromatic rings. The molecule has 0 saturated carbocycles. The van der Waals surface area contributed by atoms with Crippen molar-refractivity contribution in [1.82, 2.24) is 14.8 Å². The Labute approximate surface area is 110 Å². The average molecular weight is 252 g/mol. The summed E-state index contributed by atoms with van der Waals surface area (Å²) in [6.45, 7) is 0. The van der Waals surface area contributed by atoms with Gasteiger partial charge in [0.25, 0.3) is 0 Å². The molecule has 3 rings (SSSR count). The van der Waals surface area contributed by atoms with E-state index in [1.165, 1.54) is 0 Å². The van der Waals surface area contributed by atoms with Crippen LogP contribution >= 0.6 is 0 Å². The molecule has 2 aromatic carbocycles. The molecule has 0 saturated heterocycles. The minimum Gasteiger partial charge on any atom is -0.508 e. The highest BCUT2D eigenvalue weighted by atomic mass is 16.3. The molecule has 3 N–H and O–H groups in total. The summed E-state index contributed by atoms with van der Waals surface area (Å²) in [7, 11) is 0. The highest BCUT2D eigenvalue weighted by Gasteiger charge is 2.05. The number of nitrogens with zero attached hydrogens (tertiary/aromatic N) is 3. The minimum absolute atomic E-state index is 0.225. The van der Waals surface area contributed by atoms with Crippen molar-refractivity contribution in [1.29, 1.82) is 0 Å². The number of nitrogen functional groups attached to an aromatic ring is 1. The third-order valence-corrected chi connectivity index (χ3v) is 2.77. The molecule has 0 aliphatic rings. The molecule has 0 fully saturated rings.